The second-order valence-corrected chi connectivity index (χ2v) is 5.40. The molecule has 0 fully saturated rings. The van der Waals surface area contributed by atoms with E-state index in [1.807, 2.05) is 39.0 Å². The fourth-order valence-electron chi connectivity index (χ4n) is 1.18. The Labute approximate surface area is 88.0 Å². The van der Waals surface area contributed by atoms with Gasteiger partial charge in [-0.3, -0.25) is 4.21 Å². The zero-order valence-electron chi connectivity index (χ0n) is 8.91. The molecule has 0 bridgehead atoms. The topological polar surface area (TPSA) is 43.1 Å². The molecular formula is C11H17NOS. The Morgan fingerprint density at radius 3 is 2.71 bits per heavy atom. The molecule has 0 aliphatic heterocycles. The van der Waals surface area contributed by atoms with Crippen LogP contribution in [0.5, 0.6) is 0 Å². The highest BCUT2D eigenvalue weighted by Crippen LogP contribution is 2.21. The van der Waals surface area contributed by atoms with Gasteiger partial charge in [0.2, 0.25) is 0 Å². The molecular weight excluding hydrogens is 194 g/mol. The Kier molecular flexibility index (Phi) is 3.69. The lowest BCUT2D eigenvalue weighted by molar-refractivity contribution is 0.670. The van der Waals surface area contributed by atoms with Gasteiger partial charge >= 0.3 is 0 Å². The Morgan fingerprint density at radius 1 is 1.50 bits per heavy atom. The molecule has 0 aliphatic carbocycles. The minimum Gasteiger partial charge on any atom is -0.398 e. The maximum absolute atomic E-state index is 12.0. The number of anilines is 1. The Hall–Kier alpha value is -0.830. The third-order valence-electron chi connectivity index (χ3n) is 2.33. The zero-order valence-corrected chi connectivity index (χ0v) is 9.73. The van der Waals surface area contributed by atoms with Gasteiger partial charge in [-0.25, -0.2) is 0 Å². The summed E-state index contributed by atoms with van der Waals surface area (Å²) >= 11 is 0. The summed E-state index contributed by atoms with van der Waals surface area (Å²) in [6, 6.07) is 5.68. The summed E-state index contributed by atoms with van der Waals surface area (Å²) in [6.45, 7) is 6.00. The van der Waals surface area contributed by atoms with Crippen LogP contribution in [0.15, 0.2) is 23.1 Å². The molecule has 0 amide bonds. The number of benzene rings is 1. The van der Waals surface area contributed by atoms with Gasteiger partial charge in [-0.15, -0.1) is 0 Å². The van der Waals surface area contributed by atoms with Gasteiger partial charge in [0.05, 0.1) is 15.7 Å². The van der Waals surface area contributed by atoms with Gasteiger partial charge in [0.1, 0.15) is 0 Å². The molecule has 0 aliphatic rings. The third-order valence-corrected chi connectivity index (χ3v) is 4.18. The van der Waals surface area contributed by atoms with Crippen molar-refractivity contribution in [1.82, 2.24) is 0 Å². The molecule has 0 radical (unpaired) electrons. The van der Waals surface area contributed by atoms with E-state index in [0.717, 1.165) is 16.9 Å². The summed E-state index contributed by atoms with van der Waals surface area (Å²) < 4.78 is 12.0. The fourth-order valence-corrected chi connectivity index (χ4v) is 2.52. The van der Waals surface area contributed by atoms with E-state index in [9.17, 15) is 4.21 Å². The van der Waals surface area contributed by atoms with Crippen LogP contribution in [0.2, 0.25) is 0 Å². The molecule has 2 atom stereocenters. The number of rotatable bonds is 3. The van der Waals surface area contributed by atoms with Crippen LogP contribution in [0.25, 0.3) is 0 Å². The molecule has 14 heavy (non-hydrogen) atoms. The first-order chi connectivity index (χ1) is 6.56. The van der Waals surface area contributed by atoms with E-state index in [4.69, 9.17) is 5.73 Å². The Bertz CT molecular complexity index is 349. The summed E-state index contributed by atoms with van der Waals surface area (Å²) in [5.74, 6) is 0. The van der Waals surface area contributed by atoms with Gasteiger partial charge in [-0.1, -0.05) is 19.9 Å². The average molecular weight is 211 g/mol. The molecule has 2 nitrogen and oxygen atoms in total. The van der Waals surface area contributed by atoms with Gasteiger partial charge in [0, 0.05) is 10.9 Å². The first-order valence-corrected chi connectivity index (χ1v) is 6.04. The SMILES string of the molecule is CCC(C)S(=O)c1cc(C)ccc1N. The first-order valence-electron chi connectivity index (χ1n) is 4.83. The van der Waals surface area contributed by atoms with Crippen molar-refractivity contribution in [3.8, 4) is 0 Å². The van der Waals surface area contributed by atoms with E-state index >= 15 is 0 Å². The highest BCUT2D eigenvalue weighted by atomic mass is 32.2. The van der Waals surface area contributed by atoms with Crippen LogP contribution < -0.4 is 5.73 Å². The van der Waals surface area contributed by atoms with Crippen molar-refractivity contribution in [1.29, 1.82) is 0 Å². The molecule has 3 heteroatoms. The van der Waals surface area contributed by atoms with Crippen molar-refractivity contribution in [3.63, 3.8) is 0 Å². The van der Waals surface area contributed by atoms with Crippen LogP contribution in [0.3, 0.4) is 0 Å². The van der Waals surface area contributed by atoms with Crippen molar-refractivity contribution < 1.29 is 4.21 Å². The molecule has 1 rings (SSSR count). The fraction of sp³-hybridized carbons (Fsp3) is 0.455. The lowest BCUT2D eigenvalue weighted by Gasteiger charge is -2.11. The van der Waals surface area contributed by atoms with E-state index in [1.54, 1.807) is 0 Å². The second-order valence-electron chi connectivity index (χ2n) is 3.56. The minimum absolute atomic E-state index is 0.166. The van der Waals surface area contributed by atoms with Crippen LogP contribution in [0.4, 0.5) is 5.69 Å². The predicted octanol–water partition coefficient (Wildman–Crippen LogP) is 2.48. The van der Waals surface area contributed by atoms with Crippen LogP contribution >= 0.6 is 0 Å². The van der Waals surface area contributed by atoms with E-state index in [-0.39, 0.29) is 5.25 Å². The van der Waals surface area contributed by atoms with Gasteiger partial charge < -0.3 is 5.73 Å². The molecule has 0 saturated carbocycles. The average Bonchev–Trinajstić information content (AvgIpc) is 2.19. The molecule has 0 saturated heterocycles. The highest BCUT2D eigenvalue weighted by molar-refractivity contribution is 7.85. The maximum atomic E-state index is 12.0. The van der Waals surface area contributed by atoms with E-state index in [1.165, 1.54) is 0 Å². The van der Waals surface area contributed by atoms with Crippen molar-refractivity contribution in [2.24, 2.45) is 0 Å². The molecule has 2 unspecified atom stereocenters. The van der Waals surface area contributed by atoms with Gasteiger partial charge in [-0.2, -0.15) is 0 Å². The van der Waals surface area contributed by atoms with Crippen molar-refractivity contribution in [2.75, 3.05) is 5.73 Å². The summed E-state index contributed by atoms with van der Waals surface area (Å²) in [7, 11) is -0.975. The lowest BCUT2D eigenvalue weighted by atomic mass is 10.2. The van der Waals surface area contributed by atoms with Crippen LogP contribution in [0, 0.1) is 6.92 Å². The highest BCUT2D eigenvalue weighted by Gasteiger charge is 2.13. The monoisotopic (exact) mass is 211 g/mol. The van der Waals surface area contributed by atoms with Crippen molar-refractivity contribution >= 4 is 16.5 Å². The van der Waals surface area contributed by atoms with E-state index in [0.29, 0.717) is 5.69 Å². The number of hydrogen-bond donors (Lipinski definition) is 1. The summed E-state index contributed by atoms with van der Waals surface area (Å²) in [6.07, 6.45) is 0.903. The quantitative estimate of drug-likeness (QED) is 0.780. The van der Waals surface area contributed by atoms with Gasteiger partial charge in [-0.05, 0) is 31.0 Å². The summed E-state index contributed by atoms with van der Waals surface area (Å²) in [4.78, 5) is 0.777. The van der Waals surface area contributed by atoms with Crippen molar-refractivity contribution in [3.05, 3.63) is 23.8 Å². The van der Waals surface area contributed by atoms with Gasteiger partial charge in [0.25, 0.3) is 0 Å². The molecule has 1 aromatic rings. The standard InChI is InChI=1S/C11H17NOS/c1-4-9(3)14(13)11-7-8(2)5-6-10(11)12/h5-7,9H,4,12H2,1-3H3. The van der Waals surface area contributed by atoms with Crippen molar-refractivity contribution in [2.45, 2.75) is 37.3 Å². The van der Waals surface area contributed by atoms with Crippen LogP contribution in [-0.4, -0.2) is 9.46 Å². The minimum atomic E-state index is -0.975. The predicted molar refractivity (Wildman–Crippen MR) is 61.8 cm³/mol. The molecule has 2 N–H and O–H groups in total. The largest absolute Gasteiger partial charge is 0.398 e. The number of aryl methyl sites for hydroxylation is 1. The maximum Gasteiger partial charge on any atom is 0.0622 e. The van der Waals surface area contributed by atoms with E-state index in [2.05, 4.69) is 0 Å². The molecule has 0 heterocycles. The normalized spacial score (nSPS) is 15.1. The first kappa shape index (κ1) is 11.2. The number of nitrogen functional groups attached to an aromatic ring is 1. The van der Waals surface area contributed by atoms with Crippen LogP contribution in [0.1, 0.15) is 25.8 Å². The number of nitrogens with two attached hydrogens (primary N) is 1. The second kappa shape index (κ2) is 4.60. The third kappa shape index (κ3) is 2.35. The molecule has 78 valence electrons. The molecule has 0 aromatic heterocycles. The molecule has 0 spiro atoms. The van der Waals surface area contributed by atoms with E-state index < -0.39 is 10.8 Å². The zero-order chi connectivity index (χ0) is 10.7. The van der Waals surface area contributed by atoms with Gasteiger partial charge in [0.15, 0.2) is 0 Å². The lowest BCUT2D eigenvalue weighted by Crippen LogP contribution is -2.11. The summed E-state index contributed by atoms with van der Waals surface area (Å²) in [5.41, 5.74) is 7.53. The smallest absolute Gasteiger partial charge is 0.0622 e. The number of hydrogen-bond acceptors (Lipinski definition) is 2. The molecule has 1 aromatic carbocycles. The Balaban J connectivity index is 3.06. The summed E-state index contributed by atoms with van der Waals surface area (Å²) in [5, 5.41) is 0.166. The van der Waals surface area contributed by atoms with Crippen LogP contribution in [-0.2, 0) is 10.8 Å². The Morgan fingerprint density at radius 2 is 2.14 bits per heavy atom.